The largest absolute Gasteiger partial charge is 0.127 e. The average molecular weight is 265 g/mol. The average Bonchev–Trinajstić information content (AvgIpc) is 1.84. The molecule has 0 nitrogen and oxygen atoms in total. The minimum atomic E-state index is -1.01. The summed E-state index contributed by atoms with van der Waals surface area (Å²) in [6, 6.07) is 2.80. The Labute approximate surface area is 87.0 Å². The van der Waals surface area contributed by atoms with Gasteiger partial charge in [-0.15, -0.1) is 27.6 Å². The lowest BCUT2D eigenvalue weighted by Crippen LogP contribution is -2.23. The van der Waals surface area contributed by atoms with Gasteiger partial charge in [0.05, 0.1) is 8.07 Å². The fraction of sp³-hybridized carbons (Fsp3) is 0.778. The highest BCUT2D eigenvalue weighted by Gasteiger charge is 2.19. The van der Waals surface area contributed by atoms with Gasteiger partial charge in [-0.1, -0.05) is 38.7 Å². The predicted octanol–water partition coefficient (Wildman–Crippen LogP) is 4.41. The normalized spacial score (nSPS) is 13.1. The summed E-state index contributed by atoms with van der Waals surface area (Å²) in [6.07, 6.45) is 1.38. The lowest BCUT2D eigenvalue weighted by atomic mass is 10.6. The molecule has 0 heterocycles. The van der Waals surface area contributed by atoms with Crippen molar-refractivity contribution in [3.05, 3.63) is 12.3 Å². The Morgan fingerprint density at radius 1 is 1.17 bits per heavy atom. The van der Waals surface area contributed by atoms with E-state index in [4.69, 9.17) is 0 Å². The lowest BCUT2D eigenvalue weighted by Gasteiger charge is -2.19. The molecule has 0 aromatic heterocycles. The highest BCUT2D eigenvalue weighted by atomic mass is 79.9. The standard InChI is InChI=1S/C9H21BrSi2/c1-6-11(2,3)8-7-9-12(4,5)10/h6H,1,7-9H2,2-5H3. The molecular weight excluding hydrogens is 244 g/mol. The third-order valence-corrected chi connectivity index (χ3v) is 7.62. The molecule has 3 heteroatoms. The molecule has 0 amide bonds. The second-order valence-electron chi connectivity index (χ2n) is 4.76. The van der Waals surface area contributed by atoms with Crippen LogP contribution in [0.1, 0.15) is 6.42 Å². The van der Waals surface area contributed by atoms with Crippen molar-refractivity contribution in [2.75, 3.05) is 0 Å². The number of hydrogen-bond donors (Lipinski definition) is 0. The van der Waals surface area contributed by atoms with Crippen LogP contribution < -0.4 is 0 Å². The Bertz CT molecular complexity index is 147. The Kier molecular flexibility index (Phi) is 5.03. The fourth-order valence-corrected chi connectivity index (χ4v) is 4.57. The third kappa shape index (κ3) is 7.31. The van der Waals surface area contributed by atoms with Crippen LogP contribution in [0.4, 0.5) is 0 Å². The second kappa shape index (κ2) is 4.77. The molecule has 12 heavy (non-hydrogen) atoms. The van der Waals surface area contributed by atoms with Crippen molar-refractivity contribution >= 4 is 30.1 Å². The lowest BCUT2D eigenvalue weighted by molar-refractivity contribution is 1.03. The molecule has 0 bridgehead atoms. The Morgan fingerprint density at radius 3 is 2.00 bits per heavy atom. The summed E-state index contributed by atoms with van der Waals surface area (Å²) in [4.78, 5) is 0. The summed E-state index contributed by atoms with van der Waals surface area (Å²) in [5, 5.41) is 0. The van der Waals surface area contributed by atoms with Crippen molar-refractivity contribution in [2.24, 2.45) is 0 Å². The van der Waals surface area contributed by atoms with Crippen LogP contribution in [0.3, 0.4) is 0 Å². The summed E-state index contributed by atoms with van der Waals surface area (Å²) < 4.78 is 0. The van der Waals surface area contributed by atoms with Crippen LogP contribution in [0.25, 0.3) is 0 Å². The molecule has 0 aliphatic heterocycles. The number of rotatable bonds is 5. The number of hydrogen-bond acceptors (Lipinski definition) is 0. The van der Waals surface area contributed by atoms with Gasteiger partial charge in [-0.05, 0) is 6.04 Å². The molecule has 72 valence electrons. The zero-order chi connectivity index (χ0) is 9.83. The Hall–Kier alpha value is 0.654. The maximum atomic E-state index is 3.91. The molecule has 0 spiro atoms. The molecule has 0 aromatic carbocycles. The van der Waals surface area contributed by atoms with Crippen LogP contribution in [0.2, 0.25) is 38.3 Å². The topological polar surface area (TPSA) is 0 Å². The van der Waals surface area contributed by atoms with Gasteiger partial charge in [0.25, 0.3) is 0 Å². The fourth-order valence-electron chi connectivity index (χ4n) is 1.07. The van der Waals surface area contributed by atoms with Crippen molar-refractivity contribution in [2.45, 2.75) is 44.7 Å². The van der Waals surface area contributed by atoms with Crippen LogP contribution in [0.5, 0.6) is 0 Å². The molecule has 0 rings (SSSR count). The maximum Gasteiger partial charge on any atom is 0.124 e. The van der Waals surface area contributed by atoms with Crippen LogP contribution in [-0.2, 0) is 0 Å². The van der Waals surface area contributed by atoms with Gasteiger partial charge in [0, 0.05) is 0 Å². The molecule has 0 saturated heterocycles. The van der Waals surface area contributed by atoms with Crippen LogP contribution in [0, 0.1) is 0 Å². The first-order chi connectivity index (χ1) is 5.27. The molecule has 0 N–H and O–H groups in total. The maximum absolute atomic E-state index is 3.91. The molecule has 0 radical (unpaired) electrons. The van der Waals surface area contributed by atoms with E-state index in [2.05, 4.69) is 53.8 Å². The van der Waals surface area contributed by atoms with Gasteiger partial charge in [0.15, 0.2) is 0 Å². The number of halogens is 1. The van der Waals surface area contributed by atoms with Crippen molar-refractivity contribution in [1.29, 1.82) is 0 Å². The van der Waals surface area contributed by atoms with Crippen molar-refractivity contribution in [3.8, 4) is 0 Å². The van der Waals surface area contributed by atoms with E-state index in [1.54, 1.807) is 0 Å². The second-order valence-corrected chi connectivity index (χ2v) is 20.0. The van der Waals surface area contributed by atoms with Gasteiger partial charge >= 0.3 is 0 Å². The molecule has 0 fully saturated rings. The van der Waals surface area contributed by atoms with E-state index >= 15 is 0 Å². The van der Waals surface area contributed by atoms with E-state index in [0.717, 1.165) is 0 Å². The van der Waals surface area contributed by atoms with Crippen molar-refractivity contribution in [3.63, 3.8) is 0 Å². The van der Waals surface area contributed by atoms with E-state index in [1.165, 1.54) is 18.5 Å². The van der Waals surface area contributed by atoms with Crippen LogP contribution in [0.15, 0.2) is 12.3 Å². The third-order valence-electron chi connectivity index (χ3n) is 2.14. The zero-order valence-electron chi connectivity index (χ0n) is 8.78. The zero-order valence-corrected chi connectivity index (χ0v) is 12.4. The molecule has 0 aliphatic rings. The highest BCUT2D eigenvalue weighted by molar-refractivity contribution is 9.26. The highest BCUT2D eigenvalue weighted by Crippen LogP contribution is 2.23. The summed E-state index contributed by atoms with van der Waals surface area (Å²) >= 11 is 3.80. The molecule has 0 aliphatic carbocycles. The first-order valence-electron chi connectivity index (χ1n) is 4.59. The quantitative estimate of drug-likeness (QED) is 0.510. The SMILES string of the molecule is C=C[Si](C)(C)CCC[Si](C)(C)Br. The van der Waals surface area contributed by atoms with E-state index in [-0.39, 0.29) is 0 Å². The summed E-state index contributed by atoms with van der Waals surface area (Å²) in [5.41, 5.74) is 2.20. The monoisotopic (exact) mass is 264 g/mol. The summed E-state index contributed by atoms with van der Waals surface area (Å²) in [5.74, 6) is 0. The molecule has 0 unspecified atom stereocenters. The minimum Gasteiger partial charge on any atom is -0.127 e. The Morgan fingerprint density at radius 2 is 1.67 bits per heavy atom. The van der Waals surface area contributed by atoms with E-state index < -0.39 is 14.8 Å². The first-order valence-corrected chi connectivity index (χ1v) is 13.3. The van der Waals surface area contributed by atoms with Gasteiger partial charge in [0.2, 0.25) is 0 Å². The smallest absolute Gasteiger partial charge is 0.124 e. The van der Waals surface area contributed by atoms with Gasteiger partial charge in [-0.2, -0.15) is 0 Å². The van der Waals surface area contributed by atoms with E-state index in [1.807, 2.05) is 0 Å². The van der Waals surface area contributed by atoms with Crippen molar-refractivity contribution < 1.29 is 0 Å². The van der Waals surface area contributed by atoms with Crippen LogP contribution in [-0.4, -0.2) is 14.8 Å². The van der Waals surface area contributed by atoms with Gasteiger partial charge in [0.1, 0.15) is 6.69 Å². The summed E-state index contributed by atoms with van der Waals surface area (Å²) in [6.45, 7) is 12.5. The van der Waals surface area contributed by atoms with Crippen molar-refractivity contribution in [1.82, 2.24) is 0 Å². The molecule has 0 saturated carbocycles. The summed E-state index contributed by atoms with van der Waals surface area (Å²) in [7, 11) is -1.01. The van der Waals surface area contributed by atoms with E-state index in [0.29, 0.717) is 0 Å². The molecular formula is C9H21BrSi2. The molecule has 0 aromatic rings. The van der Waals surface area contributed by atoms with E-state index in [9.17, 15) is 0 Å². The van der Waals surface area contributed by atoms with Crippen LogP contribution >= 0.6 is 15.3 Å². The first kappa shape index (κ1) is 12.7. The predicted molar refractivity (Wildman–Crippen MR) is 68.3 cm³/mol. The minimum absolute atomic E-state index is 0.969. The molecule has 0 atom stereocenters. The van der Waals surface area contributed by atoms with Gasteiger partial charge < -0.3 is 0 Å². The van der Waals surface area contributed by atoms with Gasteiger partial charge in [-0.25, -0.2) is 0 Å². The van der Waals surface area contributed by atoms with Gasteiger partial charge in [-0.3, -0.25) is 0 Å². The Balaban J connectivity index is 3.64.